The van der Waals surface area contributed by atoms with Crippen molar-refractivity contribution in [1.82, 2.24) is 19.4 Å². The molecule has 0 aliphatic carbocycles. The number of carbonyl (C=O) groups excluding carboxylic acids is 1. The molecule has 1 saturated heterocycles. The Morgan fingerprint density at radius 2 is 2.04 bits per heavy atom. The SMILES string of the molecule is Cc1nc2ccccc2n1CCC(=O)N1CCC[C@@H]1c1ccccn1. The molecule has 25 heavy (non-hydrogen) atoms. The van der Waals surface area contributed by atoms with Crippen LogP contribution in [-0.4, -0.2) is 31.9 Å². The minimum absolute atomic E-state index is 0.120. The maximum absolute atomic E-state index is 12.8. The van der Waals surface area contributed by atoms with Crippen molar-refractivity contribution in [3.8, 4) is 0 Å². The summed E-state index contributed by atoms with van der Waals surface area (Å²) in [7, 11) is 0. The summed E-state index contributed by atoms with van der Waals surface area (Å²) in [6.07, 6.45) is 4.33. The Hall–Kier alpha value is -2.69. The highest BCUT2D eigenvalue weighted by Crippen LogP contribution is 2.31. The Bertz CT molecular complexity index is 887. The molecular formula is C20H22N4O. The predicted octanol–water partition coefficient (Wildman–Crippen LogP) is 3.49. The van der Waals surface area contributed by atoms with Crippen molar-refractivity contribution in [3.63, 3.8) is 0 Å². The largest absolute Gasteiger partial charge is 0.334 e. The Labute approximate surface area is 147 Å². The third kappa shape index (κ3) is 3.02. The molecule has 1 aliphatic rings. The first-order chi connectivity index (χ1) is 12.2. The Kier molecular flexibility index (Phi) is 4.22. The molecule has 3 aromatic rings. The van der Waals surface area contributed by atoms with Gasteiger partial charge in [-0.15, -0.1) is 0 Å². The lowest BCUT2D eigenvalue weighted by Gasteiger charge is -2.24. The van der Waals surface area contributed by atoms with Gasteiger partial charge in [0.2, 0.25) is 5.91 Å². The van der Waals surface area contributed by atoms with E-state index in [0.29, 0.717) is 13.0 Å². The maximum atomic E-state index is 12.8. The quantitative estimate of drug-likeness (QED) is 0.734. The second-order valence-electron chi connectivity index (χ2n) is 6.55. The third-order valence-electron chi connectivity index (χ3n) is 5.00. The summed E-state index contributed by atoms with van der Waals surface area (Å²) < 4.78 is 2.14. The van der Waals surface area contributed by atoms with Gasteiger partial charge in [-0.1, -0.05) is 18.2 Å². The van der Waals surface area contributed by atoms with Crippen LogP contribution in [0, 0.1) is 6.92 Å². The molecule has 1 aliphatic heterocycles. The van der Waals surface area contributed by atoms with Crippen LogP contribution in [0.3, 0.4) is 0 Å². The molecule has 0 spiro atoms. The van der Waals surface area contributed by atoms with Crippen molar-refractivity contribution in [1.29, 1.82) is 0 Å². The van der Waals surface area contributed by atoms with Crippen molar-refractivity contribution in [2.45, 2.75) is 38.8 Å². The van der Waals surface area contributed by atoms with E-state index in [9.17, 15) is 4.79 Å². The van der Waals surface area contributed by atoms with Crippen molar-refractivity contribution >= 4 is 16.9 Å². The van der Waals surface area contributed by atoms with E-state index in [2.05, 4.69) is 20.6 Å². The number of benzene rings is 1. The molecule has 1 amide bonds. The van der Waals surface area contributed by atoms with Gasteiger partial charge < -0.3 is 9.47 Å². The minimum Gasteiger partial charge on any atom is -0.334 e. The Morgan fingerprint density at radius 3 is 2.88 bits per heavy atom. The highest BCUT2D eigenvalue weighted by molar-refractivity contribution is 5.78. The van der Waals surface area contributed by atoms with Crippen molar-refractivity contribution in [3.05, 3.63) is 60.2 Å². The number of hydrogen-bond acceptors (Lipinski definition) is 3. The minimum atomic E-state index is 0.120. The number of para-hydroxylation sites is 2. The van der Waals surface area contributed by atoms with E-state index in [-0.39, 0.29) is 11.9 Å². The van der Waals surface area contributed by atoms with E-state index >= 15 is 0 Å². The maximum Gasteiger partial charge on any atom is 0.224 e. The molecule has 0 N–H and O–H groups in total. The smallest absolute Gasteiger partial charge is 0.224 e. The number of aromatic nitrogens is 3. The molecule has 128 valence electrons. The molecule has 0 unspecified atom stereocenters. The standard InChI is InChI=1S/C20H22N4O/c1-15-22-17-8-2-3-9-19(17)23(15)14-11-20(25)24-13-6-10-18(24)16-7-4-5-12-21-16/h2-5,7-9,12,18H,6,10-11,13-14H2,1H3/t18-/m1/s1. The van der Waals surface area contributed by atoms with Crippen molar-refractivity contribution < 1.29 is 4.79 Å². The predicted molar refractivity (Wildman–Crippen MR) is 97.0 cm³/mol. The molecule has 5 nitrogen and oxygen atoms in total. The second-order valence-corrected chi connectivity index (χ2v) is 6.55. The Balaban J connectivity index is 1.49. The molecule has 3 heterocycles. The van der Waals surface area contributed by atoms with Crippen LogP contribution in [0.25, 0.3) is 11.0 Å². The normalized spacial score (nSPS) is 17.3. The highest BCUT2D eigenvalue weighted by Gasteiger charge is 2.30. The summed E-state index contributed by atoms with van der Waals surface area (Å²) in [5.74, 6) is 1.15. The van der Waals surface area contributed by atoms with Crippen LogP contribution in [-0.2, 0) is 11.3 Å². The molecule has 1 atom stereocenters. The van der Waals surface area contributed by atoms with E-state index in [4.69, 9.17) is 0 Å². The first-order valence-electron chi connectivity index (χ1n) is 8.86. The first-order valence-corrected chi connectivity index (χ1v) is 8.86. The lowest BCUT2D eigenvalue weighted by Crippen LogP contribution is -2.31. The van der Waals surface area contributed by atoms with Crippen LogP contribution >= 0.6 is 0 Å². The number of fused-ring (bicyclic) bond motifs is 1. The third-order valence-corrected chi connectivity index (χ3v) is 5.00. The summed E-state index contributed by atoms with van der Waals surface area (Å²) in [5, 5.41) is 0. The molecule has 1 aromatic carbocycles. The number of carbonyl (C=O) groups is 1. The highest BCUT2D eigenvalue weighted by atomic mass is 16.2. The zero-order chi connectivity index (χ0) is 17.2. The first kappa shape index (κ1) is 15.8. The van der Waals surface area contributed by atoms with Crippen LogP contribution < -0.4 is 0 Å². The van der Waals surface area contributed by atoms with Crippen molar-refractivity contribution in [2.24, 2.45) is 0 Å². The molecule has 5 heteroatoms. The lowest BCUT2D eigenvalue weighted by atomic mass is 10.1. The number of aryl methyl sites for hydroxylation is 2. The average molecular weight is 334 g/mol. The van der Waals surface area contributed by atoms with E-state index in [1.807, 2.05) is 48.2 Å². The van der Waals surface area contributed by atoms with Gasteiger partial charge >= 0.3 is 0 Å². The monoisotopic (exact) mass is 334 g/mol. The average Bonchev–Trinajstić information content (AvgIpc) is 3.25. The van der Waals surface area contributed by atoms with Crippen molar-refractivity contribution in [2.75, 3.05) is 6.54 Å². The summed E-state index contributed by atoms with van der Waals surface area (Å²) >= 11 is 0. The van der Waals surface area contributed by atoms with Gasteiger partial charge in [0.15, 0.2) is 0 Å². The fourth-order valence-corrected chi connectivity index (χ4v) is 3.78. The fraction of sp³-hybridized carbons (Fsp3) is 0.350. The van der Waals surface area contributed by atoms with Gasteiger partial charge in [-0.2, -0.15) is 0 Å². The zero-order valence-electron chi connectivity index (χ0n) is 14.4. The van der Waals surface area contributed by atoms with Gasteiger partial charge in [-0.3, -0.25) is 9.78 Å². The van der Waals surface area contributed by atoms with Crippen LogP contribution in [0.5, 0.6) is 0 Å². The number of amides is 1. The van der Waals surface area contributed by atoms with Gasteiger partial charge in [0.05, 0.1) is 22.8 Å². The number of imidazole rings is 1. The number of pyridine rings is 1. The fourth-order valence-electron chi connectivity index (χ4n) is 3.78. The van der Waals surface area contributed by atoms with Crippen LogP contribution in [0.15, 0.2) is 48.7 Å². The van der Waals surface area contributed by atoms with Gasteiger partial charge in [0.1, 0.15) is 5.82 Å². The Morgan fingerprint density at radius 1 is 1.20 bits per heavy atom. The molecule has 0 saturated carbocycles. The van der Waals surface area contributed by atoms with Gasteiger partial charge in [-0.05, 0) is 44.0 Å². The van der Waals surface area contributed by atoms with Gasteiger partial charge in [-0.25, -0.2) is 4.98 Å². The molecule has 0 radical (unpaired) electrons. The van der Waals surface area contributed by atoms with E-state index in [0.717, 1.165) is 41.9 Å². The van der Waals surface area contributed by atoms with E-state index in [1.165, 1.54) is 0 Å². The summed E-state index contributed by atoms with van der Waals surface area (Å²) in [6, 6.07) is 14.1. The summed E-state index contributed by atoms with van der Waals surface area (Å²) in [6.45, 7) is 3.48. The topological polar surface area (TPSA) is 51.0 Å². The van der Waals surface area contributed by atoms with Crippen LogP contribution in [0.1, 0.15) is 36.8 Å². The van der Waals surface area contributed by atoms with Gasteiger partial charge in [0, 0.05) is 25.7 Å². The molecule has 1 fully saturated rings. The second kappa shape index (κ2) is 6.67. The van der Waals surface area contributed by atoms with E-state index in [1.54, 1.807) is 6.20 Å². The van der Waals surface area contributed by atoms with Crippen LogP contribution in [0.2, 0.25) is 0 Å². The number of hydrogen-bond donors (Lipinski definition) is 0. The number of nitrogens with zero attached hydrogens (tertiary/aromatic N) is 4. The molecule has 2 aromatic heterocycles. The lowest BCUT2D eigenvalue weighted by molar-refractivity contribution is -0.132. The summed E-state index contributed by atoms with van der Waals surface area (Å²) in [5.41, 5.74) is 3.08. The number of rotatable bonds is 4. The molecular weight excluding hydrogens is 312 g/mol. The molecule has 4 rings (SSSR count). The molecule has 0 bridgehead atoms. The van der Waals surface area contributed by atoms with Crippen LogP contribution in [0.4, 0.5) is 0 Å². The van der Waals surface area contributed by atoms with Gasteiger partial charge in [0.25, 0.3) is 0 Å². The summed E-state index contributed by atoms with van der Waals surface area (Å²) in [4.78, 5) is 23.9. The van der Waals surface area contributed by atoms with E-state index < -0.39 is 0 Å². The zero-order valence-corrected chi connectivity index (χ0v) is 14.4. The number of likely N-dealkylation sites (tertiary alicyclic amines) is 1.